The maximum Gasteiger partial charge on any atom is 0.127 e. The summed E-state index contributed by atoms with van der Waals surface area (Å²) in [5.74, 6) is 6.50. The lowest BCUT2D eigenvalue weighted by molar-refractivity contribution is 0.138. The van der Waals surface area contributed by atoms with E-state index in [1.54, 1.807) is 33.4 Å². The molecule has 10 aromatic rings. The fraction of sp³-hybridized carbons (Fsp3) is 0.488. The second-order valence-corrected chi connectivity index (χ2v) is 64.5. The standard InChI is InChI=1S/C46H55NSi.C42H55NSi.C41H53NSi/c1-45(2,3)47(34-21-12-9-13-22-34)48(6,7)44-30-38(32-17-10-8-11-18-32)39-29-43-40(28-41(39)44)37-26-25-33(27-42(37)46(43,4)5)36-24-16-20-31-19-14-15-23-35(31)36;1-27-28(2)40(44(8,9)43(41(3,4)5)31-18-11-10-12-19-31)37-25-36-34-23-22-30(24-38(34)42(6,7)39(36)26-35(27)37)33-21-15-17-29-16-13-14-20-32(29)33;1-27-23-30-25-38-36(26-35(30)39(27)43(7,8)42(40(2,3)4)31-17-10-9-11-18-31)34-22-21-29(24-37(34)41(38,5)6)33-20-14-16-28-15-12-13-19-32(28)33/h8,10-11,14-20,23-29,34,38-39,41,44H,9,12-13,21-22,30H2,1-7H3;13-17,20-28,31,35,37,40H,10-12,18-19H2,1-9H3;12-16,19-22,24-27,30-31,35,39H,9-11,17-18,23H2,1-8H3. The molecule has 0 amide bonds. The highest BCUT2D eigenvalue weighted by atomic mass is 28.3. The number of allylic oxidation sites excluding steroid dienone is 12. The van der Waals surface area contributed by atoms with Crippen LogP contribution >= 0.6 is 0 Å². The van der Waals surface area contributed by atoms with Crippen LogP contribution < -0.4 is 0 Å². The SMILES string of the molecule is CC1(C)C2=CC3C(c4ccccc4)CC([Si](C)(C)N(C4CCCCC4)C(C)(C)C)C3C=C2c2ccc(-c3cccc4ccccc34)cc21.CC1C(C)C([Si](C)(C)N(C2CCCCC2)C(C)(C)C)C2C=C3C(=CC12)C(C)(C)c1cc(-c2cccc4ccccc24)ccc13.CC1CC2C=C3C(=CC2C1[Si](C)(C)N(C1CCCCC1)C(C)(C)C)c1ccc(-c2cccc4ccccc24)cc1C3(C)C. The number of nitrogens with zero attached hydrogens (tertiary/aromatic N) is 3. The van der Waals surface area contributed by atoms with Gasteiger partial charge in [0.1, 0.15) is 24.7 Å². The number of fused-ring (bicyclic) bond motifs is 15. The van der Waals surface area contributed by atoms with Gasteiger partial charge in [-0.15, -0.1) is 0 Å². The van der Waals surface area contributed by atoms with Crippen LogP contribution in [-0.2, 0) is 16.2 Å². The van der Waals surface area contributed by atoms with Gasteiger partial charge in [-0.25, -0.2) is 0 Å². The first kappa shape index (κ1) is 94.5. The molecule has 0 radical (unpaired) electrons. The lowest BCUT2D eigenvalue weighted by Crippen LogP contribution is -2.65. The Balaban J connectivity index is 0.000000126. The molecule has 12 aliphatic rings. The Morgan fingerprint density at radius 3 is 1.04 bits per heavy atom. The van der Waals surface area contributed by atoms with Crippen LogP contribution in [0.2, 0.25) is 55.9 Å². The van der Waals surface area contributed by atoms with E-state index in [-0.39, 0.29) is 32.9 Å². The third kappa shape index (κ3) is 16.4. The van der Waals surface area contributed by atoms with Crippen molar-refractivity contribution in [3.05, 3.63) is 304 Å². The van der Waals surface area contributed by atoms with E-state index < -0.39 is 24.7 Å². The summed E-state index contributed by atoms with van der Waals surface area (Å²) >= 11 is 0. The zero-order valence-electron chi connectivity index (χ0n) is 87.3. The minimum Gasteiger partial charge on any atom is -0.316 e. The van der Waals surface area contributed by atoms with Crippen molar-refractivity contribution < 1.29 is 0 Å². The molecule has 0 N–H and O–H groups in total. The summed E-state index contributed by atoms with van der Waals surface area (Å²) in [6.07, 6.45) is 40.5. The van der Waals surface area contributed by atoms with Crippen molar-refractivity contribution in [3.63, 3.8) is 0 Å². The molecule has 0 spiro atoms. The van der Waals surface area contributed by atoms with Crippen molar-refractivity contribution in [2.24, 2.45) is 53.3 Å². The van der Waals surface area contributed by atoms with Gasteiger partial charge in [0.05, 0.1) is 0 Å². The molecule has 0 saturated heterocycles. The Hall–Kier alpha value is -8.05. The van der Waals surface area contributed by atoms with Crippen molar-refractivity contribution in [2.75, 3.05) is 0 Å². The van der Waals surface area contributed by atoms with Gasteiger partial charge >= 0.3 is 0 Å². The molecule has 0 aliphatic heterocycles. The van der Waals surface area contributed by atoms with Gasteiger partial charge in [0.2, 0.25) is 0 Å². The zero-order chi connectivity index (χ0) is 94.9. The van der Waals surface area contributed by atoms with Crippen molar-refractivity contribution in [1.82, 2.24) is 13.7 Å². The van der Waals surface area contributed by atoms with Crippen molar-refractivity contribution in [2.45, 2.75) is 347 Å². The first-order valence-corrected chi connectivity index (χ1v) is 62.9. The summed E-state index contributed by atoms with van der Waals surface area (Å²) in [5.41, 5.74) is 30.8. The van der Waals surface area contributed by atoms with Gasteiger partial charge in [-0.3, -0.25) is 0 Å². The van der Waals surface area contributed by atoms with Crippen LogP contribution in [0.15, 0.2) is 265 Å². The highest BCUT2D eigenvalue weighted by Crippen LogP contribution is 2.68. The molecule has 0 heterocycles. The minimum atomic E-state index is -1.90. The fourth-order valence-electron chi connectivity index (χ4n) is 33.0. The molecule has 0 aromatic heterocycles. The molecule has 706 valence electrons. The molecule has 13 atom stereocenters. The van der Waals surface area contributed by atoms with Gasteiger partial charge < -0.3 is 13.7 Å². The van der Waals surface area contributed by atoms with Crippen LogP contribution in [0.25, 0.3) is 82.4 Å². The Labute approximate surface area is 819 Å². The number of hydrogen-bond acceptors (Lipinski definition) is 3. The molecule has 22 rings (SSSR count). The summed E-state index contributed by atoms with van der Waals surface area (Å²) in [7, 11) is -5.51. The van der Waals surface area contributed by atoms with Crippen molar-refractivity contribution in [3.8, 4) is 33.4 Å². The molecule has 6 heteroatoms. The molecule has 12 aliphatic carbocycles. The van der Waals surface area contributed by atoms with Crippen molar-refractivity contribution >= 4 is 73.7 Å². The van der Waals surface area contributed by atoms with Crippen LogP contribution in [0.1, 0.15) is 279 Å². The van der Waals surface area contributed by atoms with Gasteiger partial charge in [0.25, 0.3) is 0 Å². The van der Waals surface area contributed by atoms with Crippen LogP contribution in [0.4, 0.5) is 0 Å². The maximum atomic E-state index is 3.14. The topological polar surface area (TPSA) is 9.72 Å². The van der Waals surface area contributed by atoms with E-state index in [9.17, 15) is 0 Å². The highest BCUT2D eigenvalue weighted by Gasteiger charge is 2.62. The Morgan fingerprint density at radius 1 is 0.296 bits per heavy atom. The van der Waals surface area contributed by atoms with E-state index >= 15 is 0 Å². The minimum absolute atomic E-state index is 0.0142. The molecule has 6 saturated carbocycles. The monoisotopic (exact) mass is 1840 g/mol. The van der Waals surface area contributed by atoms with Gasteiger partial charge in [-0.1, -0.05) is 390 Å². The predicted octanol–water partition coefficient (Wildman–Crippen LogP) is 35.6. The Bertz CT molecular complexity index is 6350. The summed E-state index contributed by atoms with van der Waals surface area (Å²) in [5, 5.41) is 7.96. The molecule has 6 fully saturated rings. The Morgan fingerprint density at radius 2 is 0.637 bits per heavy atom. The van der Waals surface area contributed by atoms with E-state index in [2.05, 4.69) is 426 Å². The predicted molar refractivity (Wildman–Crippen MR) is 591 cm³/mol. The quantitative estimate of drug-likeness (QED) is 0.107. The van der Waals surface area contributed by atoms with E-state index in [1.165, 1.54) is 214 Å². The summed E-state index contributed by atoms with van der Waals surface area (Å²) in [4.78, 5) is 0. The largest absolute Gasteiger partial charge is 0.316 e. The first-order valence-electron chi connectivity index (χ1n) is 53.8. The zero-order valence-corrected chi connectivity index (χ0v) is 90.3. The second kappa shape index (κ2) is 35.3. The van der Waals surface area contributed by atoms with Crippen LogP contribution in [0.5, 0.6) is 0 Å². The maximum absolute atomic E-state index is 3.14. The Kier molecular flexibility index (Phi) is 24.7. The molecule has 10 aromatic carbocycles. The summed E-state index contributed by atoms with van der Waals surface area (Å²) in [6.45, 7) is 61.8. The smallest absolute Gasteiger partial charge is 0.127 e. The van der Waals surface area contributed by atoms with Gasteiger partial charge in [0.15, 0.2) is 0 Å². The van der Waals surface area contributed by atoms with Crippen LogP contribution in [-0.4, -0.2) is 73.1 Å². The normalized spacial score (nSPS) is 26.9. The lowest BCUT2D eigenvalue weighted by atomic mass is 9.73. The number of benzene rings is 10. The van der Waals surface area contributed by atoms with E-state index in [1.807, 2.05) is 0 Å². The van der Waals surface area contributed by atoms with Gasteiger partial charge in [-0.2, -0.15) is 0 Å². The summed E-state index contributed by atoms with van der Waals surface area (Å²) in [6, 6.07) is 82.7. The molecule has 13 unspecified atom stereocenters. The first-order chi connectivity index (χ1) is 64.2. The molecule has 3 nitrogen and oxygen atoms in total. The van der Waals surface area contributed by atoms with Crippen molar-refractivity contribution in [1.29, 1.82) is 0 Å². The average Bonchev–Trinajstić information content (AvgIpc) is 1.56. The molecule has 135 heavy (non-hydrogen) atoms. The third-order valence-electron chi connectivity index (χ3n) is 37.8. The second-order valence-electron chi connectivity index (χ2n) is 51.1. The average molecular weight is 1840 g/mol. The number of rotatable bonds is 13. The van der Waals surface area contributed by atoms with E-state index in [4.69, 9.17) is 0 Å². The van der Waals surface area contributed by atoms with E-state index in [0.29, 0.717) is 52.9 Å². The van der Waals surface area contributed by atoms with E-state index in [0.717, 1.165) is 41.0 Å². The van der Waals surface area contributed by atoms with Crippen LogP contribution in [0, 0.1) is 53.3 Å². The lowest BCUT2D eigenvalue weighted by Gasteiger charge is -2.56. The highest BCUT2D eigenvalue weighted by molar-refractivity contribution is 6.77. The molecular formula is C129H163N3Si3. The molecule has 0 bridgehead atoms. The van der Waals surface area contributed by atoms with Gasteiger partial charge in [-0.05, 0) is 346 Å². The van der Waals surface area contributed by atoms with Crippen LogP contribution in [0.3, 0.4) is 0 Å². The van der Waals surface area contributed by atoms with Gasteiger partial charge in [0, 0.05) is 51.0 Å². The fourth-order valence-corrected chi connectivity index (χ4v) is 50.6. The molecular weight excluding hydrogens is 1680 g/mol. The third-order valence-corrected chi connectivity index (χ3v) is 52.2. The number of hydrogen-bond donors (Lipinski definition) is 0. The summed E-state index contributed by atoms with van der Waals surface area (Å²) < 4.78 is 9.40.